The number of H-pyrrole nitrogens is 1. The SMILES string of the molecule is Cc1nnc(-c2c(C)[nH]c(C)c2S(=O)(=O)Nc2ccc(Cl)cc2)o1. The van der Waals surface area contributed by atoms with Crippen LogP contribution in [0.15, 0.2) is 33.6 Å². The number of nitrogens with one attached hydrogen (secondary N) is 2. The number of hydrogen-bond donors (Lipinski definition) is 2. The molecule has 2 aromatic heterocycles. The number of benzene rings is 1. The van der Waals surface area contributed by atoms with Gasteiger partial charge in [0.1, 0.15) is 4.90 Å². The van der Waals surface area contributed by atoms with Crippen LogP contribution in [-0.4, -0.2) is 23.6 Å². The number of anilines is 1. The lowest BCUT2D eigenvalue weighted by atomic mass is 10.2. The summed E-state index contributed by atoms with van der Waals surface area (Å²) in [6, 6.07) is 6.39. The molecule has 0 fully saturated rings. The lowest BCUT2D eigenvalue weighted by Crippen LogP contribution is -2.14. The van der Waals surface area contributed by atoms with Gasteiger partial charge >= 0.3 is 0 Å². The summed E-state index contributed by atoms with van der Waals surface area (Å²) in [6.07, 6.45) is 0. The lowest BCUT2D eigenvalue weighted by molar-refractivity contribution is 0.531. The largest absolute Gasteiger partial charge is 0.421 e. The Balaban J connectivity index is 2.09. The maximum Gasteiger partial charge on any atom is 0.264 e. The Bertz CT molecular complexity index is 990. The van der Waals surface area contributed by atoms with E-state index < -0.39 is 10.0 Å². The first kappa shape index (κ1) is 16.5. The highest BCUT2D eigenvalue weighted by atomic mass is 35.5. The molecule has 9 heteroatoms. The molecule has 7 nitrogen and oxygen atoms in total. The van der Waals surface area contributed by atoms with Crippen molar-refractivity contribution in [2.75, 3.05) is 4.72 Å². The molecule has 1 aromatic carbocycles. The van der Waals surface area contributed by atoms with Gasteiger partial charge < -0.3 is 9.40 Å². The highest BCUT2D eigenvalue weighted by molar-refractivity contribution is 7.93. The summed E-state index contributed by atoms with van der Waals surface area (Å²) in [5.41, 5.74) is 1.90. The Labute approximate surface area is 144 Å². The van der Waals surface area contributed by atoms with E-state index >= 15 is 0 Å². The number of halogens is 1. The standard InChI is InChI=1S/C15H15ClN4O3S/c1-8-13(15-19-18-10(3)23-15)14(9(2)17-8)24(21,22)20-12-6-4-11(16)5-7-12/h4-7,17,20H,1-3H3. The molecule has 0 spiro atoms. The number of nitrogens with zero attached hydrogens (tertiary/aromatic N) is 2. The Hall–Kier alpha value is -2.32. The molecule has 3 aromatic rings. The van der Waals surface area contributed by atoms with Crippen molar-refractivity contribution in [1.82, 2.24) is 15.2 Å². The molecule has 0 aliphatic rings. The van der Waals surface area contributed by atoms with Crippen LogP contribution in [0.4, 0.5) is 5.69 Å². The molecule has 0 atom stereocenters. The average molecular weight is 367 g/mol. The summed E-state index contributed by atoms with van der Waals surface area (Å²) in [5, 5.41) is 8.23. The van der Waals surface area contributed by atoms with Crippen LogP contribution in [0.2, 0.25) is 5.02 Å². The molecule has 0 aliphatic carbocycles. The highest BCUT2D eigenvalue weighted by Crippen LogP contribution is 2.33. The monoisotopic (exact) mass is 366 g/mol. The fraction of sp³-hybridized carbons (Fsp3) is 0.200. The predicted octanol–water partition coefficient (Wildman–Crippen LogP) is 3.44. The second kappa shape index (κ2) is 5.95. The molecule has 0 aliphatic heterocycles. The van der Waals surface area contributed by atoms with Gasteiger partial charge in [-0.2, -0.15) is 0 Å². The van der Waals surface area contributed by atoms with Crippen molar-refractivity contribution < 1.29 is 12.8 Å². The quantitative estimate of drug-likeness (QED) is 0.736. The van der Waals surface area contributed by atoms with Crippen molar-refractivity contribution in [3.05, 3.63) is 46.6 Å². The first-order chi connectivity index (χ1) is 11.3. The zero-order valence-electron chi connectivity index (χ0n) is 13.2. The number of aryl methyl sites for hydroxylation is 3. The minimum absolute atomic E-state index is 0.0820. The number of sulfonamides is 1. The third-order valence-electron chi connectivity index (χ3n) is 3.42. The van der Waals surface area contributed by atoms with Crippen molar-refractivity contribution in [2.24, 2.45) is 0 Å². The first-order valence-electron chi connectivity index (χ1n) is 7.06. The lowest BCUT2D eigenvalue weighted by Gasteiger charge is -2.09. The summed E-state index contributed by atoms with van der Waals surface area (Å²) < 4.78 is 33.7. The molecule has 0 amide bonds. The molecular weight excluding hydrogens is 352 g/mol. The van der Waals surface area contributed by atoms with Gasteiger partial charge in [-0.1, -0.05) is 11.6 Å². The van der Waals surface area contributed by atoms with E-state index in [4.69, 9.17) is 16.0 Å². The molecule has 126 valence electrons. The van der Waals surface area contributed by atoms with E-state index in [-0.39, 0.29) is 10.8 Å². The molecule has 2 N–H and O–H groups in total. The zero-order valence-corrected chi connectivity index (χ0v) is 14.8. The highest BCUT2D eigenvalue weighted by Gasteiger charge is 2.28. The van der Waals surface area contributed by atoms with Gasteiger partial charge in [0, 0.05) is 29.0 Å². The smallest absolute Gasteiger partial charge is 0.264 e. The molecule has 3 rings (SSSR count). The van der Waals surface area contributed by atoms with E-state index in [2.05, 4.69) is 19.9 Å². The van der Waals surface area contributed by atoms with Gasteiger partial charge in [-0.05, 0) is 38.1 Å². The van der Waals surface area contributed by atoms with Crippen molar-refractivity contribution >= 4 is 27.3 Å². The summed E-state index contributed by atoms with van der Waals surface area (Å²) in [6.45, 7) is 5.07. The maximum atomic E-state index is 12.9. The third kappa shape index (κ3) is 3.02. The minimum Gasteiger partial charge on any atom is -0.421 e. The summed E-state index contributed by atoms with van der Waals surface area (Å²) >= 11 is 5.83. The minimum atomic E-state index is -3.86. The Morgan fingerprint density at radius 3 is 2.33 bits per heavy atom. The Kier molecular flexibility index (Phi) is 4.10. The second-order valence-electron chi connectivity index (χ2n) is 5.32. The van der Waals surface area contributed by atoms with Crippen LogP contribution in [0.25, 0.3) is 11.5 Å². The normalized spacial score (nSPS) is 11.7. The van der Waals surface area contributed by atoms with Crippen LogP contribution in [-0.2, 0) is 10.0 Å². The summed E-state index contributed by atoms with van der Waals surface area (Å²) in [4.78, 5) is 3.10. The molecule has 24 heavy (non-hydrogen) atoms. The van der Waals surface area contributed by atoms with E-state index in [1.165, 1.54) is 0 Å². The fourth-order valence-corrected chi connectivity index (χ4v) is 4.11. The number of aromatic amines is 1. The Morgan fingerprint density at radius 2 is 1.75 bits per heavy atom. The van der Waals surface area contributed by atoms with Crippen molar-refractivity contribution in [3.63, 3.8) is 0 Å². The molecule has 0 bridgehead atoms. The van der Waals surface area contributed by atoms with Gasteiger partial charge in [0.2, 0.25) is 5.89 Å². The van der Waals surface area contributed by atoms with Crippen LogP contribution in [0.1, 0.15) is 17.3 Å². The van der Waals surface area contributed by atoms with Crippen molar-refractivity contribution in [2.45, 2.75) is 25.7 Å². The fourth-order valence-electron chi connectivity index (χ4n) is 2.47. The van der Waals surface area contributed by atoms with Gasteiger partial charge in [0.15, 0.2) is 0 Å². The van der Waals surface area contributed by atoms with Gasteiger partial charge in [-0.15, -0.1) is 10.2 Å². The number of rotatable bonds is 4. The van der Waals surface area contributed by atoms with E-state index in [0.717, 1.165) is 0 Å². The number of hydrogen-bond acceptors (Lipinski definition) is 5. The molecule has 0 saturated carbocycles. The van der Waals surface area contributed by atoms with E-state index in [9.17, 15) is 8.42 Å². The first-order valence-corrected chi connectivity index (χ1v) is 8.92. The topological polar surface area (TPSA) is 101 Å². The van der Waals surface area contributed by atoms with Crippen molar-refractivity contribution in [3.8, 4) is 11.5 Å². The van der Waals surface area contributed by atoms with Gasteiger partial charge in [0.25, 0.3) is 15.9 Å². The molecular formula is C15H15ClN4O3S. The summed E-state index contributed by atoms with van der Waals surface area (Å²) in [5.74, 6) is 0.517. The van der Waals surface area contributed by atoms with Crippen LogP contribution in [0.5, 0.6) is 0 Å². The maximum absolute atomic E-state index is 12.9. The van der Waals surface area contributed by atoms with Crippen molar-refractivity contribution in [1.29, 1.82) is 0 Å². The van der Waals surface area contributed by atoms with E-state index in [1.54, 1.807) is 45.0 Å². The second-order valence-corrected chi connectivity index (χ2v) is 7.37. The summed E-state index contributed by atoms with van der Waals surface area (Å²) in [7, 11) is -3.86. The van der Waals surface area contributed by atoms with E-state index in [0.29, 0.717) is 33.6 Å². The average Bonchev–Trinajstić information content (AvgIpc) is 3.04. The van der Waals surface area contributed by atoms with Crippen LogP contribution in [0, 0.1) is 20.8 Å². The van der Waals surface area contributed by atoms with Crippen LogP contribution in [0.3, 0.4) is 0 Å². The zero-order chi connectivity index (χ0) is 17.5. The molecule has 0 saturated heterocycles. The van der Waals surface area contributed by atoms with Crippen LogP contribution < -0.4 is 4.72 Å². The number of aromatic nitrogens is 3. The van der Waals surface area contributed by atoms with E-state index in [1.807, 2.05) is 0 Å². The molecule has 2 heterocycles. The molecule has 0 unspecified atom stereocenters. The Morgan fingerprint density at radius 1 is 1.08 bits per heavy atom. The van der Waals surface area contributed by atoms with Gasteiger partial charge in [-0.3, -0.25) is 4.72 Å². The third-order valence-corrected chi connectivity index (χ3v) is 5.23. The predicted molar refractivity (Wildman–Crippen MR) is 90.6 cm³/mol. The van der Waals surface area contributed by atoms with Gasteiger partial charge in [0.05, 0.1) is 5.56 Å². The molecule has 0 radical (unpaired) electrons. The van der Waals surface area contributed by atoms with Crippen LogP contribution >= 0.6 is 11.6 Å². The van der Waals surface area contributed by atoms with Gasteiger partial charge in [-0.25, -0.2) is 8.42 Å².